The first-order chi connectivity index (χ1) is 10.6. The number of nitrogens with zero attached hydrogens (tertiary/aromatic N) is 2. The van der Waals surface area contributed by atoms with Gasteiger partial charge in [0.2, 0.25) is 0 Å². The van der Waals surface area contributed by atoms with Gasteiger partial charge in [-0.25, -0.2) is 0 Å². The van der Waals surface area contributed by atoms with Gasteiger partial charge in [-0.05, 0) is 36.4 Å². The van der Waals surface area contributed by atoms with Gasteiger partial charge in [-0.2, -0.15) is 15.4 Å². The molecule has 7 nitrogen and oxygen atoms in total. The lowest BCUT2D eigenvalue weighted by Crippen LogP contribution is -2.12. The van der Waals surface area contributed by atoms with Crippen molar-refractivity contribution in [3.8, 4) is 22.8 Å². The number of primary amides is 1. The molecule has 1 amide bonds. The first-order valence-corrected chi connectivity index (χ1v) is 6.48. The van der Waals surface area contributed by atoms with Crippen LogP contribution in [-0.4, -0.2) is 21.3 Å². The number of hydrogen-bond donors (Lipinski definition) is 3. The number of carbonyl (C=O) groups is 1. The number of amides is 1. The fourth-order valence-electron chi connectivity index (χ4n) is 1.98. The lowest BCUT2D eigenvalue weighted by atomic mass is 10.1. The van der Waals surface area contributed by atoms with Gasteiger partial charge in [-0.3, -0.25) is 4.79 Å². The maximum atomic E-state index is 11.3. The molecule has 7 heteroatoms. The molecule has 0 radical (unpaired) electrons. The molecule has 0 aliphatic carbocycles. The Bertz CT molecular complexity index is 811. The van der Waals surface area contributed by atoms with Crippen LogP contribution in [0, 0.1) is 0 Å². The Labute approximate surface area is 125 Å². The molecule has 0 saturated carbocycles. The topological polar surface area (TPSA) is 120 Å². The molecule has 22 heavy (non-hydrogen) atoms. The van der Waals surface area contributed by atoms with Crippen molar-refractivity contribution in [1.82, 2.24) is 15.4 Å². The molecule has 0 bridgehead atoms. The highest BCUT2D eigenvalue weighted by Gasteiger charge is 2.15. The number of nitrogen functional groups attached to an aromatic ring is 1. The van der Waals surface area contributed by atoms with Gasteiger partial charge >= 0.3 is 0 Å². The molecule has 3 rings (SSSR count). The second-order valence-electron chi connectivity index (χ2n) is 4.58. The Hall–Kier alpha value is -3.35. The monoisotopic (exact) mass is 295 g/mol. The van der Waals surface area contributed by atoms with Crippen molar-refractivity contribution >= 4 is 11.6 Å². The third-order valence-electron chi connectivity index (χ3n) is 3.00. The number of ether oxygens (including phenoxy) is 1. The minimum Gasteiger partial charge on any atom is -0.457 e. The summed E-state index contributed by atoms with van der Waals surface area (Å²) in [6.07, 6.45) is 0. The second-order valence-corrected chi connectivity index (χ2v) is 4.58. The van der Waals surface area contributed by atoms with E-state index in [1.807, 2.05) is 0 Å². The number of aromatic amines is 1. The first kappa shape index (κ1) is 13.6. The molecule has 0 atom stereocenters. The van der Waals surface area contributed by atoms with Crippen molar-refractivity contribution in [1.29, 1.82) is 0 Å². The summed E-state index contributed by atoms with van der Waals surface area (Å²) in [7, 11) is 0. The molecule has 0 fully saturated rings. The average Bonchev–Trinajstić information content (AvgIpc) is 3.00. The predicted molar refractivity (Wildman–Crippen MR) is 81.3 cm³/mol. The van der Waals surface area contributed by atoms with Crippen LogP contribution in [-0.2, 0) is 0 Å². The summed E-state index contributed by atoms with van der Waals surface area (Å²) in [5.41, 5.74) is 12.7. The molecule has 0 aliphatic heterocycles. The van der Waals surface area contributed by atoms with Crippen LogP contribution < -0.4 is 16.2 Å². The van der Waals surface area contributed by atoms with E-state index in [1.54, 1.807) is 48.5 Å². The molecule has 2 aromatic carbocycles. The number of anilines is 1. The van der Waals surface area contributed by atoms with E-state index in [-0.39, 0.29) is 5.69 Å². The number of carbonyl (C=O) groups excluding carboxylic acids is 1. The van der Waals surface area contributed by atoms with Crippen molar-refractivity contribution < 1.29 is 9.53 Å². The van der Waals surface area contributed by atoms with Gasteiger partial charge in [-0.1, -0.05) is 12.1 Å². The number of rotatable bonds is 4. The van der Waals surface area contributed by atoms with E-state index in [9.17, 15) is 4.79 Å². The van der Waals surface area contributed by atoms with Crippen LogP contribution in [0.25, 0.3) is 11.3 Å². The Morgan fingerprint density at radius 1 is 1.05 bits per heavy atom. The van der Waals surface area contributed by atoms with E-state index in [2.05, 4.69) is 15.4 Å². The predicted octanol–water partition coefficient (Wildman–Crippen LogP) is 1.95. The number of nitrogens with two attached hydrogens (primary N) is 2. The van der Waals surface area contributed by atoms with Gasteiger partial charge in [0, 0.05) is 11.3 Å². The van der Waals surface area contributed by atoms with Crippen LogP contribution in [0.4, 0.5) is 5.69 Å². The van der Waals surface area contributed by atoms with Gasteiger partial charge in [0.05, 0.1) is 0 Å². The van der Waals surface area contributed by atoms with E-state index in [0.29, 0.717) is 28.4 Å². The molecule has 110 valence electrons. The van der Waals surface area contributed by atoms with Gasteiger partial charge in [0.25, 0.3) is 5.91 Å². The third kappa shape index (κ3) is 2.73. The van der Waals surface area contributed by atoms with Crippen molar-refractivity contribution in [3.05, 3.63) is 54.2 Å². The molecule has 1 aromatic heterocycles. The molecule has 3 aromatic rings. The third-order valence-corrected chi connectivity index (χ3v) is 3.00. The Kier molecular flexibility index (Phi) is 3.45. The maximum Gasteiger partial charge on any atom is 0.271 e. The summed E-state index contributed by atoms with van der Waals surface area (Å²) < 4.78 is 5.74. The Morgan fingerprint density at radius 2 is 1.82 bits per heavy atom. The Morgan fingerprint density at radius 3 is 2.55 bits per heavy atom. The zero-order valence-electron chi connectivity index (χ0n) is 11.5. The van der Waals surface area contributed by atoms with Crippen LogP contribution in [0.15, 0.2) is 48.5 Å². The number of hydrogen-bond acceptors (Lipinski definition) is 5. The van der Waals surface area contributed by atoms with Crippen LogP contribution in [0.3, 0.4) is 0 Å². The summed E-state index contributed by atoms with van der Waals surface area (Å²) in [6.45, 7) is 0. The van der Waals surface area contributed by atoms with E-state index < -0.39 is 5.91 Å². The summed E-state index contributed by atoms with van der Waals surface area (Å²) in [5.74, 6) is 0.607. The fourth-order valence-corrected chi connectivity index (χ4v) is 1.98. The zero-order chi connectivity index (χ0) is 15.5. The van der Waals surface area contributed by atoms with Crippen molar-refractivity contribution in [2.45, 2.75) is 0 Å². The highest BCUT2D eigenvalue weighted by atomic mass is 16.5. The highest BCUT2D eigenvalue weighted by Crippen LogP contribution is 2.27. The van der Waals surface area contributed by atoms with E-state index in [0.717, 1.165) is 0 Å². The first-order valence-electron chi connectivity index (χ1n) is 6.48. The van der Waals surface area contributed by atoms with Crippen molar-refractivity contribution in [2.75, 3.05) is 5.73 Å². The van der Waals surface area contributed by atoms with E-state index in [1.165, 1.54) is 0 Å². The minimum absolute atomic E-state index is 0.0876. The molecule has 0 saturated heterocycles. The number of benzene rings is 2. The van der Waals surface area contributed by atoms with Gasteiger partial charge < -0.3 is 16.2 Å². The van der Waals surface area contributed by atoms with E-state index >= 15 is 0 Å². The molecular formula is C15H13N5O2. The van der Waals surface area contributed by atoms with Crippen LogP contribution in [0.1, 0.15) is 10.5 Å². The van der Waals surface area contributed by atoms with E-state index in [4.69, 9.17) is 16.2 Å². The number of aromatic nitrogens is 3. The van der Waals surface area contributed by atoms with Crippen molar-refractivity contribution in [3.63, 3.8) is 0 Å². The quantitative estimate of drug-likeness (QED) is 0.635. The molecule has 0 spiro atoms. The van der Waals surface area contributed by atoms with Crippen LogP contribution in [0.5, 0.6) is 11.5 Å². The SMILES string of the molecule is NC(=O)c1n[nH]nc1-c1cccc(Oc2ccc(N)cc2)c1. The summed E-state index contributed by atoms with van der Waals surface area (Å²) in [5, 5.41) is 10.1. The second kappa shape index (κ2) is 5.57. The average molecular weight is 295 g/mol. The van der Waals surface area contributed by atoms with Gasteiger partial charge in [-0.15, -0.1) is 0 Å². The maximum absolute atomic E-state index is 11.3. The lowest BCUT2D eigenvalue weighted by Gasteiger charge is -2.07. The normalized spacial score (nSPS) is 10.4. The standard InChI is InChI=1S/C15H13N5O2/c16-10-4-6-11(7-5-10)22-12-3-1-2-9(8-12)13-14(15(17)21)19-20-18-13/h1-8H,16H2,(H2,17,21)(H,18,19,20). The van der Waals surface area contributed by atoms with Gasteiger partial charge in [0.1, 0.15) is 17.2 Å². The van der Waals surface area contributed by atoms with Crippen molar-refractivity contribution in [2.24, 2.45) is 5.73 Å². The smallest absolute Gasteiger partial charge is 0.271 e. The lowest BCUT2D eigenvalue weighted by molar-refractivity contribution is 0.0996. The molecule has 0 aliphatic rings. The van der Waals surface area contributed by atoms with Crippen LogP contribution in [0.2, 0.25) is 0 Å². The summed E-state index contributed by atoms with van der Waals surface area (Å²) >= 11 is 0. The largest absolute Gasteiger partial charge is 0.457 e. The van der Waals surface area contributed by atoms with Crippen LogP contribution >= 0.6 is 0 Å². The molecule has 0 unspecified atom stereocenters. The molecular weight excluding hydrogens is 282 g/mol. The highest BCUT2D eigenvalue weighted by molar-refractivity contribution is 5.96. The minimum atomic E-state index is -0.645. The summed E-state index contributed by atoms with van der Waals surface area (Å²) in [4.78, 5) is 11.3. The molecule has 1 heterocycles. The summed E-state index contributed by atoms with van der Waals surface area (Å²) in [6, 6.07) is 14.2. The fraction of sp³-hybridized carbons (Fsp3) is 0. The number of H-pyrrole nitrogens is 1. The molecule has 5 N–H and O–H groups in total. The zero-order valence-corrected chi connectivity index (χ0v) is 11.5. The Balaban J connectivity index is 1.91. The number of nitrogens with one attached hydrogen (secondary N) is 1. The van der Waals surface area contributed by atoms with Gasteiger partial charge in [0.15, 0.2) is 5.69 Å².